The molecule has 16 aromatic carbocycles. The van der Waals surface area contributed by atoms with E-state index in [4.69, 9.17) is 9.98 Å². The van der Waals surface area contributed by atoms with Gasteiger partial charge in [-0.1, -0.05) is 486 Å². The quantitative estimate of drug-likeness (QED) is 0.0560. The fourth-order valence-electron chi connectivity index (χ4n) is 18.5. The molecule has 2 heterocycles. The first-order chi connectivity index (χ1) is 67.9. The van der Waals surface area contributed by atoms with Crippen molar-refractivity contribution in [1.82, 2.24) is 8.61 Å². The number of nitrogens with zero attached hydrogens (tertiary/aromatic N) is 4. The van der Waals surface area contributed by atoms with Crippen molar-refractivity contribution in [1.29, 1.82) is 0 Å². The van der Waals surface area contributed by atoms with E-state index in [2.05, 4.69) is 372 Å². The van der Waals surface area contributed by atoms with Gasteiger partial charge in [-0.3, -0.25) is 9.98 Å². The van der Waals surface area contributed by atoms with Crippen molar-refractivity contribution in [3.8, 4) is 0 Å². The van der Waals surface area contributed by atoms with Crippen LogP contribution >= 0.6 is 19.1 Å². The molecule has 696 valence electrons. The second-order valence-corrected chi connectivity index (χ2v) is 36.8. The number of sulfonamides is 2. The molecule has 0 N–H and O–H groups in total. The molecule has 0 unspecified atom stereocenters. The predicted octanol–water partition coefficient (Wildman–Crippen LogP) is 27.9. The van der Waals surface area contributed by atoms with E-state index in [-0.39, 0.29) is 56.0 Å². The predicted molar refractivity (Wildman–Crippen MR) is 550 cm³/mol. The Hall–Kier alpha value is -10.7. The Balaban J connectivity index is 0.000000139. The van der Waals surface area contributed by atoms with Crippen LogP contribution in [0.2, 0.25) is 0 Å². The molecule has 0 saturated heterocycles. The topological polar surface area (TPSA) is 99.5 Å². The third kappa shape index (κ3) is 23.3. The van der Waals surface area contributed by atoms with Crippen LogP contribution < -0.4 is 0 Å². The zero-order valence-electron chi connectivity index (χ0n) is 76.1. The minimum atomic E-state index is -3.89. The Morgan fingerprint density at radius 2 is 0.400 bits per heavy atom. The maximum atomic E-state index is 14.0. The SMILES string of the molecule is Cc1ccc(S(=O)(=O)N2C([C]3[C-][CH][CH][CH]3)=N[C@H](c3ccccc3)[C@H]2c2ccccc2)cc1.Cc1ccc(S(=O)(=O)N2C([C]3[C-][CH][CH][CH]3)=N[C@H](c3ccccc3)[C@H]2c2ccccc2)cc1.[Cl][Pd+].[Cl][Pd+].[Fe].[Fe].c1ccc([C]2[C](c3ccccc3)[C](c3ccccc3)[C](c3ccccc3)[C]2c2ccccc2)cc1.c1ccc([C]2[C](c3ccccc3)[C](c3ccccc3)[C](c3ccccc3)[C]2c2ccccc2)cc1. The number of aliphatic imine (C=N–C) groups is 2. The van der Waals surface area contributed by atoms with Crippen LogP contribution in [0, 0.1) is 136 Å². The number of rotatable bonds is 20. The van der Waals surface area contributed by atoms with Gasteiger partial charge in [0.1, 0.15) is 12.1 Å². The number of hydrogen-bond acceptors (Lipinski definition) is 6. The van der Waals surface area contributed by atoms with Gasteiger partial charge in [-0.25, -0.2) is 38.3 Å². The van der Waals surface area contributed by atoms with E-state index in [1.165, 1.54) is 123 Å². The number of hydrogen-bond donors (Lipinski definition) is 0. The molecule has 6 aliphatic rings. The van der Waals surface area contributed by atoms with Gasteiger partial charge in [0.15, 0.2) is 0 Å². The summed E-state index contributed by atoms with van der Waals surface area (Å²) >= 11 is 4.44. The third-order valence-electron chi connectivity index (χ3n) is 24.6. The van der Waals surface area contributed by atoms with Gasteiger partial charge >= 0.3 is 55.4 Å². The fraction of sp³-hybridized carbons (Fsp3) is 0.0484. The number of benzene rings is 16. The molecule has 0 spiro atoms. The van der Waals surface area contributed by atoms with E-state index < -0.39 is 32.1 Å². The molecule has 22 rings (SSSR count). The maximum absolute atomic E-state index is 14.0. The monoisotopic (exact) mass is 2160 g/mol. The smallest absolute Gasteiger partial charge is 0.0299 e. The van der Waals surface area contributed by atoms with Crippen LogP contribution in [0.3, 0.4) is 0 Å². The Labute approximate surface area is 880 Å². The maximum Gasteiger partial charge on any atom is 0.0299 e. The Kier molecular flexibility index (Phi) is 37.2. The third-order valence-corrected chi connectivity index (χ3v) is 28.1. The first-order valence-electron chi connectivity index (χ1n) is 45.3. The molecular weight excluding hydrogens is 2070 g/mol. The summed E-state index contributed by atoms with van der Waals surface area (Å²) in [6.07, 6.45) is 17.3. The van der Waals surface area contributed by atoms with Crippen LogP contribution in [-0.2, 0) is 90.5 Å². The van der Waals surface area contributed by atoms with Gasteiger partial charge in [0.25, 0.3) is 20.0 Å². The van der Waals surface area contributed by atoms with Crippen molar-refractivity contribution < 1.29 is 87.3 Å². The second-order valence-electron chi connectivity index (χ2n) is 33.1. The first kappa shape index (κ1) is 104. The second kappa shape index (κ2) is 50.3. The van der Waals surface area contributed by atoms with Crippen LogP contribution in [0.4, 0.5) is 0 Å². The first-order valence-corrected chi connectivity index (χ1v) is 52.2. The summed E-state index contributed by atoms with van der Waals surface area (Å²) in [4.78, 5) is 10.5. The van der Waals surface area contributed by atoms with Crippen LogP contribution in [0.5, 0.6) is 0 Å². The molecule has 2 aliphatic heterocycles. The van der Waals surface area contributed by atoms with Gasteiger partial charge < -0.3 is 12.8 Å². The Bertz CT molecular complexity index is 5830. The average Bonchev–Trinajstić information content (AvgIpc) is 1.54. The van der Waals surface area contributed by atoms with Gasteiger partial charge in [-0.05, 0) is 116 Å². The molecule has 0 aromatic heterocycles. The summed E-state index contributed by atoms with van der Waals surface area (Å²) in [5, 5.41) is 0. The van der Waals surface area contributed by atoms with Crippen molar-refractivity contribution in [2.75, 3.05) is 0 Å². The summed E-state index contributed by atoms with van der Waals surface area (Å²) in [5.41, 5.74) is 18.0. The molecule has 0 amide bonds. The normalized spacial score (nSPS) is 18.0. The van der Waals surface area contributed by atoms with Crippen LogP contribution in [-0.4, -0.2) is 37.1 Å². The van der Waals surface area contributed by atoms with Crippen LogP contribution in [0.15, 0.2) is 493 Å². The largest absolute Gasteiger partial charge is 0.0622 e. The molecule has 4 saturated carbocycles. The van der Waals surface area contributed by atoms with E-state index in [1.54, 1.807) is 37.1 Å². The fourth-order valence-corrected chi connectivity index (χ4v) is 21.7. The summed E-state index contributed by atoms with van der Waals surface area (Å²) in [6, 6.07) is 160. The van der Waals surface area contributed by atoms with Crippen molar-refractivity contribution >= 4 is 50.8 Å². The summed E-state index contributed by atoms with van der Waals surface area (Å²) in [7, 11) is 1.21. The number of aryl methyl sites for hydroxylation is 2. The van der Waals surface area contributed by atoms with Crippen molar-refractivity contribution in [3.05, 3.63) is 685 Å². The molecule has 4 fully saturated rings. The van der Waals surface area contributed by atoms with Crippen molar-refractivity contribution in [2.45, 2.75) is 47.8 Å². The minimum Gasteiger partial charge on any atom is -0.0622 e. The van der Waals surface area contributed by atoms with E-state index in [0.717, 1.165) is 33.4 Å². The van der Waals surface area contributed by atoms with Crippen molar-refractivity contribution in [2.24, 2.45) is 9.98 Å². The summed E-state index contributed by atoms with van der Waals surface area (Å²) in [5.74, 6) is 14.9. The molecular formula is C124H94Cl2Fe2N4O4Pd2S2. The van der Waals surface area contributed by atoms with Crippen LogP contribution in [0.25, 0.3) is 0 Å². The van der Waals surface area contributed by atoms with Gasteiger partial charge in [0, 0.05) is 93.3 Å². The molecule has 16 aromatic rings. The molecule has 140 heavy (non-hydrogen) atoms. The van der Waals surface area contributed by atoms with Crippen LogP contribution in [0.1, 0.15) is 113 Å². The Morgan fingerprint density at radius 1 is 0.236 bits per heavy atom. The number of amidine groups is 2. The van der Waals surface area contributed by atoms with Gasteiger partial charge in [0.2, 0.25) is 0 Å². The average molecular weight is 2160 g/mol. The summed E-state index contributed by atoms with van der Waals surface area (Å²) in [6.45, 7) is 3.88. The van der Waals surface area contributed by atoms with E-state index in [1.807, 2.05) is 185 Å². The standard InChI is InChI=1S/2C35H25.2C27H22N2O2S.2ClH.2Fe.2Pd/c2*1-6-16-26(17-7-1)31-32(27-18-8-2-9-19-27)34(29-22-12-4-13-23-29)35(30-24-14-5-15-25-30)33(31)28-20-10-3-11-21-28;2*1-20-16-18-24(19-17-20)32(30,31)29-26(22-12-6-3-7-13-22)25(21-10-4-2-5-11-21)28-27(29)23-14-8-9-15-23;;;;;;/h2*1-25H;2*2-14,16-19,25-26H,1H3;2*1H;;;;/q;;2*-1;;;;;2*+2/p-2/t;;2*25-,26-;;;;;;/m..11....../s1. The Morgan fingerprint density at radius 3 is 0.564 bits per heavy atom. The molecule has 4 aliphatic carbocycles. The van der Waals surface area contributed by atoms with E-state index >= 15 is 0 Å². The number of halogens is 2. The van der Waals surface area contributed by atoms with Crippen molar-refractivity contribution in [3.63, 3.8) is 0 Å². The molecule has 4 atom stereocenters. The van der Waals surface area contributed by atoms with E-state index in [9.17, 15) is 16.8 Å². The molecule has 20 radical (unpaired) electrons. The van der Waals surface area contributed by atoms with E-state index in [0.29, 0.717) is 23.5 Å². The minimum absolute atomic E-state index is 0. The molecule has 0 bridgehead atoms. The van der Waals surface area contributed by atoms with Gasteiger partial charge in [-0.15, -0.1) is 11.8 Å². The zero-order chi connectivity index (χ0) is 95.2. The zero-order valence-corrected chi connectivity index (χ0v) is 84.6. The van der Waals surface area contributed by atoms with Gasteiger partial charge in [0.05, 0.1) is 33.5 Å². The molecule has 16 heteroatoms. The molecule has 8 nitrogen and oxygen atoms in total. The summed E-state index contributed by atoms with van der Waals surface area (Å²) < 4.78 is 59.1. The van der Waals surface area contributed by atoms with Gasteiger partial charge in [-0.2, -0.15) is 0 Å².